The Kier molecular flexibility index (Phi) is 7.69. The number of carbonyl (C=O) groups excluding carboxylic acids is 1. The van der Waals surface area contributed by atoms with Gasteiger partial charge in [-0.25, -0.2) is 8.42 Å². The molecule has 11 heteroatoms. The summed E-state index contributed by atoms with van der Waals surface area (Å²) < 4.78 is 38.5. The van der Waals surface area contributed by atoms with E-state index in [1.54, 1.807) is 18.2 Å². The van der Waals surface area contributed by atoms with Crippen LogP contribution in [0.4, 0.5) is 17.1 Å². The number of ether oxygens (including phenoxy) is 2. The van der Waals surface area contributed by atoms with Crippen LogP contribution in [-0.4, -0.2) is 32.5 Å². The number of benzene rings is 3. The Bertz CT molecular complexity index is 1290. The largest absolute Gasteiger partial charge is 0.490 e. The molecule has 3 rings (SSSR count). The van der Waals surface area contributed by atoms with Crippen molar-refractivity contribution in [2.75, 3.05) is 23.3 Å². The van der Waals surface area contributed by atoms with Crippen molar-refractivity contribution in [1.82, 2.24) is 0 Å². The van der Waals surface area contributed by atoms with Gasteiger partial charge in [-0.2, -0.15) is 0 Å². The number of amides is 1. The fourth-order valence-corrected chi connectivity index (χ4v) is 4.10. The Morgan fingerprint density at radius 1 is 0.912 bits per heavy atom. The highest BCUT2D eigenvalue weighted by molar-refractivity contribution is 7.92. The summed E-state index contributed by atoms with van der Waals surface area (Å²) >= 11 is 0. The summed E-state index contributed by atoms with van der Waals surface area (Å²) in [5.74, 6) is 0.676. The number of nitrogens with one attached hydrogen (secondary N) is 2. The zero-order valence-corrected chi connectivity index (χ0v) is 19.3. The Morgan fingerprint density at radius 3 is 2.21 bits per heavy atom. The SMILES string of the molecule is CCOc1ccc(NC(=O)c2ccc(NS(=O)(=O)c3cccc([N+](=O)[O-])c3)cc2)cc1OCC. The van der Waals surface area contributed by atoms with Gasteiger partial charge in [0.2, 0.25) is 0 Å². The quantitative estimate of drug-likeness (QED) is 0.320. The highest BCUT2D eigenvalue weighted by Gasteiger charge is 2.18. The van der Waals surface area contributed by atoms with Gasteiger partial charge >= 0.3 is 0 Å². The number of sulfonamides is 1. The van der Waals surface area contributed by atoms with Gasteiger partial charge in [0.05, 0.1) is 23.0 Å². The number of nitrogens with zero attached hydrogens (tertiary/aromatic N) is 1. The molecular formula is C23H23N3O7S. The first kappa shape index (κ1) is 24.5. The lowest BCUT2D eigenvalue weighted by atomic mass is 10.2. The van der Waals surface area contributed by atoms with Crippen molar-refractivity contribution in [3.63, 3.8) is 0 Å². The van der Waals surface area contributed by atoms with E-state index in [1.807, 2.05) is 13.8 Å². The summed E-state index contributed by atoms with van der Waals surface area (Å²) in [4.78, 5) is 22.6. The minimum Gasteiger partial charge on any atom is -0.490 e. The molecule has 0 atom stereocenters. The van der Waals surface area contributed by atoms with E-state index in [9.17, 15) is 23.3 Å². The lowest BCUT2D eigenvalue weighted by molar-refractivity contribution is -0.385. The second kappa shape index (κ2) is 10.7. The molecule has 2 N–H and O–H groups in total. The molecule has 0 unspecified atom stereocenters. The standard InChI is InChI=1S/C23H23N3O7S/c1-3-32-21-13-12-18(14-22(21)33-4-2)24-23(27)16-8-10-17(11-9-16)25-34(30,31)20-7-5-6-19(15-20)26(28)29/h5-15,25H,3-4H2,1-2H3,(H,24,27). The molecule has 0 aromatic heterocycles. The van der Waals surface area contributed by atoms with Crippen LogP contribution < -0.4 is 19.5 Å². The molecule has 0 aliphatic heterocycles. The maximum absolute atomic E-state index is 12.6. The van der Waals surface area contributed by atoms with E-state index >= 15 is 0 Å². The monoisotopic (exact) mass is 485 g/mol. The second-order valence-electron chi connectivity index (χ2n) is 6.92. The van der Waals surface area contributed by atoms with Crippen LogP contribution in [0.3, 0.4) is 0 Å². The number of nitro benzene ring substituents is 1. The molecule has 10 nitrogen and oxygen atoms in total. The lowest BCUT2D eigenvalue weighted by Gasteiger charge is -2.13. The van der Waals surface area contributed by atoms with E-state index in [0.717, 1.165) is 6.07 Å². The Balaban J connectivity index is 1.72. The van der Waals surface area contributed by atoms with Crippen molar-refractivity contribution in [3.8, 4) is 11.5 Å². The van der Waals surface area contributed by atoms with Crippen LogP contribution in [0.15, 0.2) is 71.6 Å². The fraction of sp³-hybridized carbons (Fsp3) is 0.174. The van der Waals surface area contributed by atoms with Crippen LogP contribution in [0.2, 0.25) is 0 Å². The molecule has 0 aliphatic carbocycles. The van der Waals surface area contributed by atoms with Gasteiger partial charge in [-0.3, -0.25) is 19.6 Å². The molecule has 0 fully saturated rings. The van der Waals surface area contributed by atoms with E-state index in [2.05, 4.69) is 10.0 Å². The van der Waals surface area contributed by atoms with Crippen LogP contribution in [0.1, 0.15) is 24.2 Å². The van der Waals surface area contributed by atoms with Gasteiger partial charge in [0.1, 0.15) is 0 Å². The molecule has 3 aromatic rings. The summed E-state index contributed by atoms with van der Waals surface area (Å²) in [5, 5.41) is 13.7. The highest BCUT2D eigenvalue weighted by Crippen LogP contribution is 2.31. The maximum Gasteiger partial charge on any atom is 0.270 e. The molecule has 0 bridgehead atoms. The molecule has 0 aliphatic rings. The number of rotatable bonds is 10. The zero-order valence-electron chi connectivity index (χ0n) is 18.5. The van der Waals surface area contributed by atoms with E-state index in [4.69, 9.17) is 9.47 Å². The average molecular weight is 486 g/mol. The van der Waals surface area contributed by atoms with Crippen molar-refractivity contribution >= 4 is 33.0 Å². The van der Waals surface area contributed by atoms with Crippen molar-refractivity contribution < 1.29 is 27.6 Å². The van der Waals surface area contributed by atoms with Gasteiger partial charge in [-0.15, -0.1) is 0 Å². The molecule has 0 saturated carbocycles. The molecule has 0 spiro atoms. The van der Waals surface area contributed by atoms with E-state index in [-0.39, 0.29) is 16.3 Å². The van der Waals surface area contributed by atoms with Crippen LogP contribution in [0.25, 0.3) is 0 Å². The summed E-state index contributed by atoms with van der Waals surface area (Å²) in [5.41, 5.74) is 0.664. The summed E-state index contributed by atoms with van der Waals surface area (Å²) in [6, 6.07) is 15.5. The second-order valence-corrected chi connectivity index (χ2v) is 8.60. The van der Waals surface area contributed by atoms with Gasteiger partial charge < -0.3 is 14.8 Å². The summed E-state index contributed by atoms with van der Waals surface area (Å²) in [7, 11) is -4.05. The van der Waals surface area contributed by atoms with Crippen LogP contribution in [0, 0.1) is 10.1 Å². The normalized spacial score (nSPS) is 10.9. The predicted octanol–water partition coefficient (Wildman–Crippen LogP) is 4.45. The molecule has 178 valence electrons. The van der Waals surface area contributed by atoms with Crippen molar-refractivity contribution in [2.45, 2.75) is 18.7 Å². The van der Waals surface area contributed by atoms with Crippen molar-refractivity contribution in [3.05, 3.63) is 82.4 Å². The molecular weight excluding hydrogens is 462 g/mol. The summed E-state index contributed by atoms with van der Waals surface area (Å²) in [6.45, 7) is 4.61. The van der Waals surface area contributed by atoms with Crippen molar-refractivity contribution in [1.29, 1.82) is 0 Å². The molecule has 3 aromatic carbocycles. The lowest BCUT2D eigenvalue weighted by Crippen LogP contribution is -2.14. The fourth-order valence-electron chi connectivity index (χ4n) is 3.00. The first-order valence-electron chi connectivity index (χ1n) is 10.3. The number of carbonyl (C=O) groups is 1. The minimum atomic E-state index is -4.05. The number of hydrogen-bond donors (Lipinski definition) is 2. The summed E-state index contributed by atoms with van der Waals surface area (Å²) in [6.07, 6.45) is 0. The number of non-ortho nitro benzene ring substituents is 1. The third-order valence-corrected chi connectivity index (χ3v) is 5.92. The Labute approximate surface area is 196 Å². The molecule has 0 saturated heterocycles. The number of nitro groups is 1. The predicted molar refractivity (Wildman–Crippen MR) is 127 cm³/mol. The minimum absolute atomic E-state index is 0.197. The van der Waals surface area contributed by atoms with E-state index in [1.165, 1.54) is 42.5 Å². The maximum atomic E-state index is 12.6. The van der Waals surface area contributed by atoms with Crippen LogP contribution >= 0.6 is 0 Å². The average Bonchev–Trinajstić information content (AvgIpc) is 2.81. The third-order valence-electron chi connectivity index (χ3n) is 4.54. The molecule has 0 radical (unpaired) electrons. The van der Waals surface area contributed by atoms with Gasteiger partial charge in [0, 0.05) is 35.1 Å². The first-order valence-corrected chi connectivity index (χ1v) is 11.8. The van der Waals surface area contributed by atoms with Crippen LogP contribution in [0.5, 0.6) is 11.5 Å². The third kappa shape index (κ3) is 6.01. The van der Waals surface area contributed by atoms with Gasteiger partial charge in [0.15, 0.2) is 11.5 Å². The van der Waals surface area contributed by atoms with Gasteiger partial charge in [-0.05, 0) is 56.3 Å². The topological polar surface area (TPSA) is 137 Å². The highest BCUT2D eigenvalue weighted by atomic mass is 32.2. The first-order chi connectivity index (χ1) is 16.2. The van der Waals surface area contributed by atoms with Gasteiger partial charge in [-0.1, -0.05) is 6.07 Å². The number of hydrogen-bond acceptors (Lipinski definition) is 7. The molecule has 1 amide bonds. The Morgan fingerprint density at radius 2 is 1.56 bits per heavy atom. The van der Waals surface area contributed by atoms with Crippen molar-refractivity contribution in [2.24, 2.45) is 0 Å². The van der Waals surface area contributed by atoms with E-state index in [0.29, 0.717) is 36.0 Å². The molecule has 0 heterocycles. The Hall–Kier alpha value is -4.12. The van der Waals surface area contributed by atoms with E-state index < -0.39 is 20.9 Å². The molecule has 34 heavy (non-hydrogen) atoms. The number of anilines is 2. The smallest absolute Gasteiger partial charge is 0.270 e. The van der Waals surface area contributed by atoms with Gasteiger partial charge in [0.25, 0.3) is 21.6 Å². The van der Waals surface area contributed by atoms with Crippen LogP contribution in [-0.2, 0) is 10.0 Å². The zero-order chi connectivity index (χ0) is 24.7.